The molecule has 2 nitrogen and oxygen atoms in total. The van der Waals surface area contributed by atoms with Gasteiger partial charge in [-0.05, 0) is 30.9 Å². The van der Waals surface area contributed by atoms with E-state index < -0.39 is 0 Å². The summed E-state index contributed by atoms with van der Waals surface area (Å²) < 4.78 is 5.37. The number of ether oxygens (including phenoxy) is 1. The van der Waals surface area contributed by atoms with Crippen LogP contribution in [0.1, 0.15) is 37.8 Å². The molecule has 1 rings (SSSR count). The molecule has 0 saturated carbocycles. The molecule has 0 heterocycles. The number of esters is 1. The smallest absolute Gasteiger partial charge is 0.311 e. The Kier molecular flexibility index (Phi) is 4.35. The zero-order valence-electron chi connectivity index (χ0n) is 9.67. The number of benzene rings is 1. The van der Waals surface area contributed by atoms with Crippen LogP contribution in [0.25, 0.3) is 0 Å². The minimum Gasteiger partial charge on any atom is -0.426 e. The molecule has 0 N–H and O–H groups in total. The maximum atomic E-state index is 11.4. The summed E-state index contributed by atoms with van der Waals surface area (Å²) in [5.74, 6) is 0.611. The van der Waals surface area contributed by atoms with Crippen molar-refractivity contribution < 1.29 is 9.53 Å². The summed E-state index contributed by atoms with van der Waals surface area (Å²) in [5, 5.41) is 0. The number of hydrogen-bond acceptors (Lipinski definition) is 2. The third-order valence-corrected chi connectivity index (χ3v) is 2.34. The summed E-state index contributed by atoms with van der Waals surface area (Å²) in [6, 6.07) is 5.96. The van der Waals surface area contributed by atoms with Gasteiger partial charge in [0.1, 0.15) is 5.75 Å². The van der Waals surface area contributed by atoms with Crippen molar-refractivity contribution >= 4 is 5.97 Å². The monoisotopic (exact) mass is 206 g/mol. The van der Waals surface area contributed by atoms with Crippen molar-refractivity contribution in [2.45, 2.75) is 40.0 Å². The Labute approximate surface area is 91.3 Å². The average Bonchev–Trinajstić information content (AvgIpc) is 2.21. The Bertz CT molecular complexity index is 342. The minimum atomic E-state index is -0.138. The molecule has 0 aliphatic carbocycles. The van der Waals surface area contributed by atoms with Crippen LogP contribution in [0.2, 0.25) is 0 Å². The fraction of sp³-hybridized carbons (Fsp3) is 0.462. The molecule has 82 valence electrons. The first-order valence-electron chi connectivity index (χ1n) is 5.48. The highest BCUT2D eigenvalue weighted by atomic mass is 16.5. The Morgan fingerprint density at radius 2 is 2.07 bits per heavy atom. The number of carbonyl (C=O) groups is 1. The number of para-hydroxylation sites is 1. The second-order valence-electron chi connectivity index (χ2n) is 3.64. The van der Waals surface area contributed by atoms with E-state index in [4.69, 9.17) is 4.74 Å². The molecule has 2 heteroatoms. The normalized spacial score (nSPS) is 10.1. The van der Waals surface area contributed by atoms with Gasteiger partial charge in [-0.3, -0.25) is 4.79 Å². The predicted molar refractivity (Wildman–Crippen MR) is 61.1 cm³/mol. The summed E-state index contributed by atoms with van der Waals surface area (Å²) in [6.45, 7) is 6.00. The molecule has 0 aliphatic rings. The SMILES string of the molecule is CCCC(=O)Oc1c(C)cccc1CC. The van der Waals surface area contributed by atoms with E-state index in [1.807, 2.05) is 32.0 Å². The zero-order chi connectivity index (χ0) is 11.3. The molecule has 1 aromatic rings. The second-order valence-corrected chi connectivity index (χ2v) is 3.64. The Hall–Kier alpha value is -1.31. The van der Waals surface area contributed by atoms with Gasteiger partial charge in [0.25, 0.3) is 0 Å². The van der Waals surface area contributed by atoms with Gasteiger partial charge in [0.05, 0.1) is 0 Å². The Morgan fingerprint density at radius 3 is 2.67 bits per heavy atom. The van der Waals surface area contributed by atoms with Crippen molar-refractivity contribution in [2.24, 2.45) is 0 Å². The first-order chi connectivity index (χ1) is 7.19. The van der Waals surface area contributed by atoms with Crippen molar-refractivity contribution in [3.8, 4) is 5.75 Å². The molecule has 0 spiro atoms. The van der Waals surface area contributed by atoms with Crippen LogP contribution in [0.4, 0.5) is 0 Å². The standard InChI is InChI=1S/C13H18O2/c1-4-7-12(14)15-13-10(3)8-6-9-11(13)5-2/h6,8-9H,4-5,7H2,1-3H3. The molecular formula is C13H18O2. The molecule has 0 amide bonds. The van der Waals surface area contributed by atoms with Gasteiger partial charge in [0.15, 0.2) is 0 Å². The van der Waals surface area contributed by atoms with E-state index in [2.05, 4.69) is 6.92 Å². The van der Waals surface area contributed by atoms with Crippen molar-refractivity contribution in [3.63, 3.8) is 0 Å². The lowest BCUT2D eigenvalue weighted by atomic mass is 10.1. The van der Waals surface area contributed by atoms with Crippen LogP contribution < -0.4 is 4.74 Å². The third kappa shape index (κ3) is 3.08. The lowest BCUT2D eigenvalue weighted by Gasteiger charge is -2.11. The van der Waals surface area contributed by atoms with Crippen LogP contribution in [0, 0.1) is 6.92 Å². The third-order valence-electron chi connectivity index (χ3n) is 2.34. The van der Waals surface area contributed by atoms with Crippen LogP contribution in [0.3, 0.4) is 0 Å². The quantitative estimate of drug-likeness (QED) is 0.558. The van der Waals surface area contributed by atoms with Crippen LogP contribution in [-0.2, 0) is 11.2 Å². The molecule has 0 aliphatic heterocycles. The highest BCUT2D eigenvalue weighted by molar-refractivity contribution is 5.73. The molecule has 0 unspecified atom stereocenters. The van der Waals surface area contributed by atoms with Gasteiger partial charge in [-0.1, -0.05) is 32.0 Å². The fourth-order valence-electron chi connectivity index (χ4n) is 1.51. The Balaban J connectivity index is 2.87. The molecular weight excluding hydrogens is 188 g/mol. The molecule has 0 fully saturated rings. The molecule has 0 atom stereocenters. The van der Waals surface area contributed by atoms with E-state index in [0.29, 0.717) is 6.42 Å². The van der Waals surface area contributed by atoms with E-state index in [-0.39, 0.29) is 5.97 Å². The van der Waals surface area contributed by atoms with Gasteiger partial charge in [0.2, 0.25) is 0 Å². The number of rotatable bonds is 4. The van der Waals surface area contributed by atoms with E-state index >= 15 is 0 Å². The zero-order valence-corrected chi connectivity index (χ0v) is 9.67. The average molecular weight is 206 g/mol. The maximum absolute atomic E-state index is 11.4. The van der Waals surface area contributed by atoms with Crippen molar-refractivity contribution in [2.75, 3.05) is 0 Å². The Morgan fingerprint density at radius 1 is 1.33 bits per heavy atom. The molecule has 0 radical (unpaired) electrons. The second kappa shape index (κ2) is 5.54. The van der Waals surface area contributed by atoms with E-state index in [1.54, 1.807) is 0 Å². The molecule has 0 saturated heterocycles. The van der Waals surface area contributed by atoms with E-state index in [0.717, 1.165) is 29.7 Å². The lowest BCUT2D eigenvalue weighted by Crippen LogP contribution is -2.09. The lowest BCUT2D eigenvalue weighted by molar-refractivity contribution is -0.134. The van der Waals surface area contributed by atoms with Crippen molar-refractivity contribution in [1.82, 2.24) is 0 Å². The summed E-state index contributed by atoms with van der Waals surface area (Å²) in [7, 11) is 0. The van der Waals surface area contributed by atoms with Crippen molar-refractivity contribution in [3.05, 3.63) is 29.3 Å². The fourth-order valence-corrected chi connectivity index (χ4v) is 1.51. The van der Waals surface area contributed by atoms with Crippen LogP contribution in [-0.4, -0.2) is 5.97 Å². The first kappa shape index (κ1) is 11.8. The van der Waals surface area contributed by atoms with E-state index in [9.17, 15) is 4.79 Å². The molecule has 0 bridgehead atoms. The highest BCUT2D eigenvalue weighted by Gasteiger charge is 2.09. The summed E-state index contributed by atoms with van der Waals surface area (Å²) in [6.07, 6.45) is 2.19. The number of carbonyl (C=O) groups excluding carboxylic acids is 1. The summed E-state index contributed by atoms with van der Waals surface area (Å²) in [5.41, 5.74) is 2.12. The van der Waals surface area contributed by atoms with Crippen LogP contribution in [0.5, 0.6) is 5.75 Å². The van der Waals surface area contributed by atoms with E-state index in [1.165, 1.54) is 0 Å². The van der Waals surface area contributed by atoms with Gasteiger partial charge in [-0.2, -0.15) is 0 Å². The highest BCUT2D eigenvalue weighted by Crippen LogP contribution is 2.24. The molecule has 1 aromatic carbocycles. The molecule has 15 heavy (non-hydrogen) atoms. The van der Waals surface area contributed by atoms with Crippen LogP contribution in [0.15, 0.2) is 18.2 Å². The van der Waals surface area contributed by atoms with Gasteiger partial charge >= 0.3 is 5.97 Å². The van der Waals surface area contributed by atoms with Crippen molar-refractivity contribution in [1.29, 1.82) is 0 Å². The topological polar surface area (TPSA) is 26.3 Å². The van der Waals surface area contributed by atoms with Gasteiger partial charge in [0, 0.05) is 6.42 Å². The van der Waals surface area contributed by atoms with Gasteiger partial charge < -0.3 is 4.74 Å². The number of hydrogen-bond donors (Lipinski definition) is 0. The minimum absolute atomic E-state index is 0.138. The largest absolute Gasteiger partial charge is 0.426 e. The van der Waals surface area contributed by atoms with Gasteiger partial charge in [-0.25, -0.2) is 0 Å². The first-order valence-corrected chi connectivity index (χ1v) is 5.48. The van der Waals surface area contributed by atoms with Gasteiger partial charge in [-0.15, -0.1) is 0 Å². The maximum Gasteiger partial charge on any atom is 0.311 e. The van der Waals surface area contributed by atoms with Crippen LogP contribution >= 0.6 is 0 Å². The summed E-state index contributed by atoms with van der Waals surface area (Å²) >= 11 is 0. The molecule has 0 aromatic heterocycles. The summed E-state index contributed by atoms with van der Waals surface area (Å²) in [4.78, 5) is 11.4. The predicted octanol–water partition coefficient (Wildman–Crippen LogP) is 3.26. The number of aryl methyl sites for hydroxylation is 2.